The molecule has 0 atom stereocenters. The molecule has 182 valence electrons. The number of aliphatic hydroxyl groups excluding tert-OH is 1. The van der Waals surface area contributed by atoms with Crippen molar-refractivity contribution in [2.24, 2.45) is 0 Å². The standard InChI is InChI=1S/C27H35FN4O2/c1-17(2)26-22-14-20(19-7-9-32(10-8-19)25(34)16-31(4)11-12-33)5-6-24(22)30-27(26)21-13-18(3)29-15-23(21)28/h5-6,13-15,17,19,30,33H,7-12,16H2,1-4H3. The van der Waals surface area contributed by atoms with Crippen molar-refractivity contribution in [1.29, 1.82) is 0 Å². The number of aryl methyl sites for hydroxylation is 1. The van der Waals surface area contributed by atoms with E-state index in [1.807, 2.05) is 23.8 Å². The lowest BCUT2D eigenvalue weighted by atomic mass is 9.87. The molecule has 3 aromatic rings. The summed E-state index contributed by atoms with van der Waals surface area (Å²) in [4.78, 5) is 23.9. The van der Waals surface area contributed by atoms with Crippen LogP contribution in [-0.4, -0.2) is 70.6 Å². The Kier molecular flexibility index (Phi) is 7.33. The minimum absolute atomic E-state index is 0.0565. The van der Waals surface area contributed by atoms with E-state index in [-0.39, 0.29) is 24.2 Å². The molecule has 0 radical (unpaired) electrons. The van der Waals surface area contributed by atoms with Gasteiger partial charge in [0.15, 0.2) is 5.82 Å². The molecule has 0 aliphatic carbocycles. The molecule has 1 aromatic carbocycles. The molecule has 3 heterocycles. The predicted octanol–water partition coefficient (Wildman–Crippen LogP) is 4.43. The van der Waals surface area contributed by atoms with E-state index in [4.69, 9.17) is 5.11 Å². The van der Waals surface area contributed by atoms with Crippen molar-refractivity contribution in [2.75, 3.05) is 39.8 Å². The smallest absolute Gasteiger partial charge is 0.236 e. The number of nitrogens with zero attached hydrogens (tertiary/aromatic N) is 3. The summed E-state index contributed by atoms with van der Waals surface area (Å²) in [7, 11) is 1.85. The highest BCUT2D eigenvalue weighted by Gasteiger charge is 2.26. The molecule has 1 fully saturated rings. The first-order valence-corrected chi connectivity index (χ1v) is 12.1. The van der Waals surface area contributed by atoms with E-state index in [9.17, 15) is 9.18 Å². The van der Waals surface area contributed by atoms with Crippen LogP contribution in [0.2, 0.25) is 0 Å². The summed E-state index contributed by atoms with van der Waals surface area (Å²) in [5, 5.41) is 10.2. The predicted molar refractivity (Wildman–Crippen MR) is 133 cm³/mol. The van der Waals surface area contributed by atoms with Gasteiger partial charge in [0.1, 0.15) is 0 Å². The number of aromatic nitrogens is 2. The van der Waals surface area contributed by atoms with Crippen LogP contribution in [-0.2, 0) is 4.79 Å². The van der Waals surface area contributed by atoms with Crippen molar-refractivity contribution in [3.8, 4) is 11.3 Å². The number of hydrogen-bond donors (Lipinski definition) is 2. The van der Waals surface area contributed by atoms with E-state index >= 15 is 0 Å². The molecular weight excluding hydrogens is 431 g/mol. The lowest BCUT2D eigenvalue weighted by Gasteiger charge is -2.33. The molecular formula is C27H35FN4O2. The Bertz CT molecular complexity index is 1160. The number of aliphatic hydroxyl groups is 1. The Balaban J connectivity index is 1.57. The van der Waals surface area contributed by atoms with Crippen LogP contribution < -0.4 is 0 Å². The minimum Gasteiger partial charge on any atom is -0.395 e. The van der Waals surface area contributed by atoms with Crippen molar-refractivity contribution in [2.45, 2.75) is 45.4 Å². The zero-order chi connectivity index (χ0) is 24.4. The molecule has 0 saturated carbocycles. The number of benzene rings is 1. The molecule has 0 unspecified atom stereocenters. The van der Waals surface area contributed by atoms with Crippen LogP contribution in [0, 0.1) is 12.7 Å². The maximum Gasteiger partial charge on any atom is 0.236 e. The number of fused-ring (bicyclic) bond motifs is 1. The number of carbonyl (C=O) groups excluding carboxylic acids is 1. The zero-order valence-corrected chi connectivity index (χ0v) is 20.6. The second-order valence-corrected chi connectivity index (χ2v) is 9.80. The molecule has 1 amide bonds. The first kappa shape index (κ1) is 24.4. The Morgan fingerprint density at radius 2 is 2.03 bits per heavy atom. The number of rotatable bonds is 7. The van der Waals surface area contributed by atoms with Crippen LogP contribution in [0.3, 0.4) is 0 Å². The number of amides is 1. The molecule has 1 saturated heterocycles. The lowest BCUT2D eigenvalue weighted by molar-refractivity contribution is -0.133. The Morgan fingerprint density at radius 3 is 2.71 bits per heavy atom. The summed E-state index contributed by atoms with van der Waals surface area (Å²) in [5.74, 6) is 0.419. The number of pyridine rings is 1. The van der Waals surface area contributed by atoms with Gasteiger partial charge in [-0.1, -0.05) is 19.9 Å². The topological polar surface area (TPSA) is 72.5 Å². The van der Waals surface area contributed by atoms with E-state index in [2.05, 4.69) is 42.0 Å². The third-order valence-corrected chi connectivity index (χ3v) is 6.91. The maximum absolute atomic E-state index is 14.7. The van der Waals surface area contributed by atoms with E-state index in [1.54, 1.807) is 6.07 Å². The van der Waals surface area contributed by atoms with Crippen LogP contribution in [0.15, 0.2) is 30.5 Å². The second-order valence-electron chi connectivity index (χ2n) is 9.80. The molecule has 4 rings (SSSR count). The van der Waals surface area contributed by atoms with Crippen LogP contribution in [0.4, 0.5) is 4.39 Å². The maximum atomic E-state index is 14.7. The van der Waals surface area contributed by atoms with Gasteiger partial charge in [-0.2, -0.15) is 0 Å². The van der Waals surface area contributed by atoms with Gasteiger partial charge < -0.3 is 15.0 Å². The van der Waals surface area contributed by atoms with Gasteiger partial charge in [0.25, 0.3) is 0 Å². The van der Waals surface area contributed by atoms with Gasteiger partial charge in [-0.25, -0.2) is 4.39 Å². The number of nitrogens with one attached hydrogen (secondary N) is 1. The summed E-state index contributed by atoms with van der Waals surface area (Å²) in [6, 6.07) is 8.33. The number of likely N-dealkylation sites (tertiary alicyclic amines) is 1. The number of likely N-dealkylation sites (N-methyl/N-ethyl adjacent to an activating group) is 1. The summed E-state index contributed by atoms with van der Waals surface area (Å²) >= 11 is 0. The molecule has 6 nitrogen and oxygen atoms in total. The number of H-pyrrole nitrogens is 1. The fraction of sp³-hybridized carbons (Fsp3) is 0.481. The van der Waals surface area contributed by atoms with Crippen LogP contribution >= 0.6 is 0 Å². The summed E-state index contributed by atoms with van der Waals surface area (Å²) < 4.78 is 14.7. The monoisotopic (exact) mass is 466 g/mol. The number of carbonyl (C=O) groups is 1. The zero-order valence-electron chi connectivity index (χ0n) is 20.6. The third kappa shape index (κ3) is 5.00. The van der Waals surface area contributed by atoms with E-state index < -0.39 is 0 Å². The molecule has 0 bridgehead atoms. The highest BCUT2D eigenvalue weighted by molar-refractivity contribution is 5.92. The average Bonchev–Trinajstić information content (AvgIpc) is 3.19. The van der Waals surface area contributed by atoms with Crippen LogP contribution in [0.25, 0.3) is 22.2 Å². The van der Waals surface area contributed by atoms with Crippen molar-refractivity contribution < 1.29 is 14.3 Å². The van der Waals surface area contributed by atoms with Crippen molar-refractivity contribution >= 4 is 16.8 Å². The SMILES string of the molecule is Cc1cc(-c2[nH]c3ccc(C4CCN(C(=O)CN(C)CCO)CC4)cc3c2C(C)C)c(F)cn1. The van der Waals surface area contributed by atoms with Crippen LogP contribution in [0.1, 0.15) is 55.3 Å². The Morgan fingerprint density at radius 1 is 1.29 bits per heavy atom. The van der Waals surface area contributed by atoms with E-state index in [0.717, 1.165) is 53.8 Å². The molecule has 7 heteroatoms. The van der Waals surface area contributed by atoms with E-state index in [0.29, 0.717) is 24.6 Å². The molecule has 1 aliphatic rings. The summed E-state index contributed by atoms with van der Waals surface area (Å²) in [6.45, 7) is 8.54. The highest BCUT2D eigenvalue weighted by Crippen LogP contribution is 2.39. The molecule has 2 N–H and O–H groups in total. The van der Waals surface area contributed by atoms with Crippen molar-refractivity contribution in [1.82, 2.24) is 19.8 Å². The molecule has 0 spiro atoms. The Hall–Kier alpha value is -2.77. The largest absolute Gasteiger partial charge is 0.395 e. The lowest BCUT2D eigenvalue weighted by Crippen LogP contribution is -2.43. The van der Waals surface area contributed by atoms with Gasteiger partial charge in [0, 0.05) is 41.8 Å². The first-order valence-electron chi connectivity index (χ1n) is 12.1. The normalized spacial score (nSPS) is 15.1. The van der Waals surface area contributed by atoms with Crippen molar-refractivity contribution in [3.05, 3.63) is 53.1 Å². The third-order valence-electron chi connectivity index (χ3n) is 6.91. The fourth-order valence-corrected chi connectivity index (χ4v) is 5.07. The second kappa shape index (κ2) is 10.2. The minimum atomic E-state index is -0.319. The highest BCUT2D eigenvalue weighted by atomic mass is 19.1. The van der Waals surface area contributed by atoms with Gasteiger partial charge >= 0.3 is 0 Å². The average molecular weight is 467 g/mol. The molecule has 2 aromatic heterocycles. The fourth-order valence-electron chi connectivity index (χ4n) is 5.07. The number of piperidine rings is 1. The number of halogens is 1. The number of hydrogen-bond acceptors (Lipinski definition) is 4. The van der Waals surface area contributed by atoms with Crippen molar-refractivity contribution in [3.63, 3.8) is 0 Å². The molecule has 34 heavy (non-hydrogen) atoms. The first-order chi connectivity index (χ1) is 16.3. The quantitative estimate of drug-likeness (QED) is 0.540. The van der Waals surface area contributed by atoms with E-state index in [1.165, 1.54) is 11.8 Å². The van der Waals surface area contributed by atoms with Gasteiger partial charge in [-0.15, -0.1) is 0 Å². The number of aromatic amines is 1. The van der Waals surface area contributed by atoms with Gasteiger partial charge in [0.05, 0.1) is 25.0 Å². The van der Waals surface area contributed by atoms with Gasteiger partial charge in [-0.3, -0.25) is 14.7 Å². The van der Waals surface area contributed by atoms with Gasteiger partial charge in [0.2, 0.25) is 5.91 Å². The summed E-state index contributed by atoms with van der Waals surface area (Å²) in [6.07, 6.45) is 3.14. The van der Waals surface area contributed by atoms with Gasteiger partial charge in [-0.05, 0) is 68.0 Å². The van der Waals surface area contributed by atoms with Crippen LogP contribution in [0.5, 0.6) is 0 Å². The Labute approximate surface area is 200 Å². The summed E-state index contributed by atoms with van der Waals surface area (Å²) in [5.41, 5.74) is 5.59. The molecule has 1 aliphatic heterocycles.